The van der Waals surface area contributed by atoms with Crippen LogP contribution in [0, 0.1) is 6.92 Å². The highest BCUT2D eigenvalue weighted by atomic mass is 32.2. The van der Waals surface area contributed by atoms with Crippen molar-refractivity contribution in [1.82, 2.24) is 34.9 Å². The number of hydrogen-bond acceptors (Lipinski definition) is 7. The fourth-order valence-electron chi connectivity index (χ4n) is 10.8. The Kier molecular flexibility index (Phi) is 14.5. The lowest BCUT2D eigenvalue weighted by atomic mass is 9.87. The van der Waals surface area contributed by atoms with Crippen molar-refractivity contribution in [1.29, 1.82) is 0 Å². The highest BCUT2D eigenvalue weighted by Crippen LogP contribution is 2.36. The summed E-state index contributed by atoms with van der Waals surface area (Å²) in [7, 11) is 0. The highest BCUT2D eigenvalue weighted by Gasteiger charge is 2.37. The van der Waals surface area contributed by atoms with Crippen LogP contribution >= 0.6 is 0 Å². The van der Waals surface area contributed by atoms with Crippen molar-refractivity contribution < 1.29 is 22.8 Å². The largest absolute Gasteiger partial charge is 0.384 e. The van der Waals surface area contributed by atoms with E-state index < -0.39 is 17.3 Å². The summed E-state index contributed by atoms with van der Waals surface area (Å²) in [5.74, 6) is 0.202. The molecule has 4 aromatic rings. The van der Waals surface area contributed by atoms with E-state index in [1.54, 1.807) is 40.9 Å². The van der Waals surface area contributed by atoms with Gasteiger partial charge >= 0.3 is 11.3 Å². The molecular formula is C50H70N8O5S. The number of nitrogens with one attached hydrogen (secondary N) is 3. The molecular weight excluding hydrogens is 825 g/mol. The zero-order valence-corrected chi connectivity index (χ0v) is 39.6. The number of fused-ring (bicyclic) bond motifs is 1. The maximum absolute atomic E-state index is 15.0. The van der Waals surface area contributed by atoms with E-state index in [1.807, 2.05) is 19.9 Å². The predicted octanol–water partition coefficient (Wildman–Crippen LogP) is 10.4. The number of aryl methyl sites for hydroxylation is 1. The minimum Gasteiger partial charge on any atom is -0.384 e. The molecule has 64 heavy (non-hydrogen) atoms. The van der Waals surface area contributed by atoms with Gasteiger partial charge in [0, 0.05) is 52.5 Å². The first kappa shape index (κ1) is 45.8. The second-order valence-corrected chi connectivity index (χ2v) is 21.0. The molecule has 13 nitrogen and oxygen atoms in total. The second-order valence-electron chi connectivity index (χ2n) is 20.1. The van der Waals surface area contributed by atoms with E-state index in [-0.39, 0.29) is 53.1 Å². The van der Waals surface area contributed by atoms with Gasteiger partial charge in [-0.3, -0.25) is 24.2 Å². The van der Waals surface area contributed by atoms with Crippen molar-refractivity contribution in [2.75, 3.05) is 4.72 Å². The second kappa shape index (κ2) is 20.2. The summed E-state index contributed by atoms with van der Waals surface area (Å²) in [5.41, 5.74) is 3.85. The highest BCUT2D eigenvalue weighted by molar-refractivity contribution is 7.82. The monoisotopic (exact) mass is 895 g/mol. The van der Waals surface area contributed by atoms with Crippen LogP contribution in [0.2, 0.25) is 0 Å². The Labute approximate surface area is 382 Å². The molecule has 2 aromatic carbocycles. The number of carbonyl (C=O) groups excluding carboxylic acids is 3. The summed E-state index contributed by atoms with van der Waals surface area (Å²) in [6, 6.07) is 12.5. The van der Waals surface area contributed by atoms with Gasteiger partial charge in [0.2, 0.25) is 0 Å². The van der Waals surface area contributed by atoms with Crippen LogP contribution in [0.3, 0.4) is 0 Å². The Morgan fingerprint density at radius 3 is 1.78 bits per heavy atom. The lowest BCUT2D eigenvalue weighted by Gasteiger charge is -2.42. The Bertz CT molecular complexity index is 2260. The summed E-state index contributed by atoms with van der Waals surface area (Å²) < 4.78 is 25.2. The number of anilines is 1. The van der Waals surface area contributed by atoms with E-state index in [1.165, 1.54) is 25.7 Å². The molecule has 4 fully saturated rings. The van der Waals surface area contributed by atoms with Gasteiger partial charge in [-0.25, -0.2) is 4.52 Å². The van der Waals surface area contributed by atoms with Crippen LogP contribution in [0.4, 0.5) is 5.69 Å². The molecule has 0 bridgehead atoms. The number of benzene rings is 2. The van der Waals surface area contributed by atoms with Crippen LogP contribution in [0.1, 0.15) is 210 Å². The van der Waals surface area contributed by atoms with Gasteiger partial charge in [-0.05, 0) is 101 Å². The number of hydrogen-bond donors (Lipinski definition) is 3. The minimum atomic E-state index is -2.20. The molecule has 0 aliphatic heterocycles. The van der Waals surface area contributed by atoms with Crippen molar-refractivity contribution in [2.24, 2.45) is 0 Å². The molecule has 0 radical (unpaired) electrons. The van der Waals surface area contributed by atoms with Crippen molar-refractivity contribution >= 4 is 40.3 Å². The molecule has 2 atom stereocenters. The topological polar surface area (TPSA) is 154 Å². The van der Waals surface area contributed by atoms with Crippen molar-refractivity contribution in [2.45, 2.75) is 199 Å². The molecule has 2 aromatic heterocycles. The summed E-state index contributed by atoms with van der Waals surface area (Å²) in [4.78, 5) is 48.0. The molecule has 3 amide bonds. The smallest absolute Gasteiger partial charge is 0.316 e. The van der Waals surface area contributed by atoms with E-state index in [0.29, 0.717) is 33.8 Å². The number of nitrogens with zero attached hydrogens (tertiary/aromatic N) is 5. The van der Waals surface area contributed by atoms with Gasteiger partial charge in [0.25, 0.3) is 17.7 Å². The van der Waals surface area contributed by atoms with Crippen LogP contribution in [0.25, 0.3) is 5.65 Å². The third-order valence-electron chi connectivity index (χ3n) is 14.4. The third-order valence-corrected chi connectivity index (χ3v) is 15.1. The molecule has 4 aliphatic rings. The molecule has 4 saturated carbocycles. The summed E-state index contributed by atoms with van der Waals surface area (Å²) in [6.07, 6.45) is 21.4. The fraction of sp³-hybridized carbons (Fsp3) is 0.620. The molecule has 4 aliphatic carbocycles. The number of rotatable bonds is 13. The van der Waals surface area contributed by atoms with Gasteiger partial charge in [0.1, 0.15) is 0 Å². The van der Waals surface area contributed by atoms with Crippen LogP contribution in [-0.2, 0) is 16.7 Å². The van der Waals surface area contributed by atoms with E-state index in [0.717, 1.165) is 114 Å². The van der Waals surface area contributed by atoms with Gasteiger partial charge < -0.3 is 19.3 Å². The van der Waals surface area contributed by atoms with Crippen molar-refractivity contribution in [3.8, 4) is 5.75 Å². The van der Waals surface area contributed by atoms with Crippen LogP contribution < -0.4 is 14.2 Å². The zero-order valence-electron chi connectivity index (χ0n) is 38.8. The SMILES string of the molecule is Cc1ccc(NS(=O)Oc2cc(C(=O)N(C3CCCCC3)C3CCCCC3)ccc2C(=O)N(C2CCCCC2)C2CCCCC2)cc1C(=O)NC(C)c1nnc2cc(C(C)(C)C)[nH]n12. The standard InChI is InChI=1S/C50H70N8O5S/c1-33-26-28-36(31-42(33)47(59)51-34(2)46-53-52-45-32-44(50(3,4)5)54-58(45)46)55-64(62)63-43-30-35(48(60)56(37-18-10-6-11-19-37)38-20-12-7-13-21-38)27-29-41(43)49(61)57(39-22-14-8-15-23-39)40-24-16-9-17-25-40/h26-32,34,37-40,54-55H,6-25H2,1-5H3,(H,51,59). The average molecular weight is 895 g/mol. The first-order chi connectivity index (χ1) is 30.9. The van der Waals surface area contributed by atoms with Gasteiger partial charge in [0.15, 0.2) is 17.2 Å². The molecule has 3 N–H and O–H groups in total. The molecule has 346 valence electrons. The lowest BCUT2D eigenvalue weighted by Crippen LogP contribution is -2.49. The fourth-order valence-corrected chi connectivity index (χ4v) is 11.5. The number of aromatic nitrogens is 4. The maximum Gasteiger partial charge on any atom is 0.316 e. The van der Waals surface area contributed by atoms with Crippen molar-refractivity contribution in [3.05, 3.63) is 76.2 Å². The van der Waals surface area contributed by atoms with Gasteiger partial charge in [-0.15, -0.1) is 10.2 Å². The minimum absolute atomic E-state index is 0.0426. The van der Waals surface area contributed by atoms with Crippen molar-refractivity contribution in [3.63, 3.8) is 0 Å². The van der Waals surface area contributed by atoms with E-state index in [2.05, 4.69) is 55.9 Å². The van der Waals surface area contributed by atoms with E-state index in [9.17, 15) is 13.8 Å². The Hall–Kier alpha value is -4.72. The quantitative estimate of drug-likeness (QED) is 0.121. The molecule has 0 saturated heterocycles. The normalized spacial score (nSPS) is 19.5. The number of aromatic amines is 1. The summed E-state index contributed by atoms with van der Waals surface area (Å²) in [6.45, 7) is 10.0. The van der Waals surface area contributed by atoms with Gasteiger partial charge in [0.05, 0.1) is 17.3 Å². The Morgan fingerprint density at radius 1 is 0.719 bits per heavy atom. The average Bonchev–Trinajstić information content (AvgIpc) is 3.91. The van der Waals surface area contributed by atoms with E-state index in [4.69, 9.17) is 4.18 Å². The third kappa shape index (κ3) is 10.4. The first-order valence-electron chi connectivity index (χ1n) is 24.4. The Balaban J connectivity index is 1.06. The van der Waals surface area contributed by atoms with Gasteiger partial charge in [-0.2, -0.15) is 4.21 Å². The summed E-state index contributed by atoms with van der Waals surface area (Å²) in [5, 5.41) is 15.1. The van der Waals surface area contributed by atoms with Crippen LogP contribution in [-0.4, -0.2) is 75.7 Å². The molecule has 0 spiro atoms. The summed E-state index contributed by atoms with van der Waals surface area (Å²) >= 11 is -2.20. The molecule has 2 unspecified atom stereocenters. The number of amides is 3. The maximum atomic E-state index is 15.0. The molecule has 8 rings (SSSR count). The van der Waals surface area contributed by atoms with Crippen LogP contribution in [0.15, 0.2) is 42.5 Å². The molecule has 14 heteroatoms. The first-order valence-corrected chi connectivity index (χ1v) is 25.5. The van der Waals surface area contributed by atoms with Crippen LogP contribution in [0.5, 0.6) is 5.75 Å². The molecule has 2 heterocycles. The lowest BCUT2D eigenvalue weighted by molar-refractivity contribution is 0.0435. The zero-order chi connectivity index (χ0) is 45.0. The number of carbonyl (C=O) groups is 3. The Morgan fingerprint density at radius 2 is 1.25 bits per heavy atom. The van der Waals surface area contributed by atoms with Gasteiger partial charge in [-0.1, -0.05) is 104 Å². The number of H-pyrrole nitrogens is 1. The predicted molar refractivity (Wildman–Crippen MR) is 252 cm³/mol. The van der Waals surface area contributed by atoms with E-state index >= 15 is 4.79 Å².